The van der Waals surface area contributed by atoms with Crippen molar-refractivity contribution in [1.82, 2.24) is 7.92 Å². The van der Waals surface area contributed by atoms with Gasteiger partial charge in [0.25, 0.3) is 0 Å². The van der Waals surface area contributed by atoms with Crippen LogP contribution >= 0.6 is 119 Å². The molecule has 3 nitrogen and oxygen atoms in total. The molecule has 0 aromatic carbocycles. The lowest BCUT2D eigenvalue weighted by molar-refractivity contribution is 1.08. The van der Waals surface area contributed by atoms with Gasteiger partial charge in [0.1, 0.15) is 6.42 Å². The lowest BCUT2D eigenvalue weighted by atomic mass is 13.8. The maximum atomic E-state index is 5.85. The van der Waals surface area contributed by atoms with Gasteiger partial charge in [-0.25, -0.2) is 4.52 Å². The minimum Gasteiger partial charge on any atom is -0.219 e. The second kappa shape index (κ2) is 9.63. The molecule has 15 heteroatoms. The number of hydrogen-bond donors (Lipinski definition) is 0. The van der Waals surface area contributed by atoms with E-state index in [0.717, 1.165) is 7.92 Å². The molecule has 0 amide bonds. The van der Waals surface area contributed by atoms with Gasteiger partial charge in [0.05, 0.1) is 0 Å². The highest BCUT2D eigenvalue weighted by Gasteiger charge is 2.31. The van der Waals surface area contributed by atoms with Crippen LogP contribution in [0.4, 0.5) is 0 Å². The highest BCUT2D eigenvalue weighted by atomic mass is 35.9. The maximum absolute atomic E-state index is 5.85. The SMILES string of the molecule is ClN(P(Cl)Cl)P(Cl)N(Cl)P(Cl)N=[PH](Cl)Cl. The van der Waals surface area contributed by atoms with Crippen molar-refractivity contribution in [3.63, 3.8) is 0 Å². The van der Waals surface area contributed by atoms with Crippen molar-refractivity contribution in [2.45, 2.75) is 0 Å². The van der Waals surface area contributed by atoms with Crippen LogP contribution in [0.5, 0.6) is 0 Å². The van der Waals surface area contributed by atoms with Crippen LogP contribution in [0.25, 0.3) is 0 Å². The summed E-state index contributed by atoms with van der Waals surface area (Å²) in [5, 5.41) is 0. The fourth-order valence-electron chi connectivity index (χ4n) is 0.277. The second-order valence-electron chi connectivity index (χ2n) is 1.52. The molecule has 0 aliphatic rings. The molecule has 0 aliphatic heterocycles. The summed E-state index contributed by atoms with van der Waals surface area (Å²) in [6.45, 7) is -1.61. The van der Waals surface area contributed by atoms with Crippen LogP contribution in [0.3, 0.4) is 0 Å². The lowest BCUT2D eigenvalue weighted by Gasteiger charge is -2.25. The summed E-state index contributed by atoms with van der Waals surface area (Å²) in [5.41, 5.74) is 0. The minimum absolute atomic E-state index is 0.977. The average Bonchev–Trinajstić information content (AvgIpc) is 2.13. The van der Waals surface area contributed by atoms with Gasteiger partial charge < -0.3 is 0 Å². The first-order valence-corrected chi connectivity index (χ1v) is 14.2. The third-order valence-electron chi connectivity index (χ3n) is 0.691. The van der Waals surface area contributed by atoms with E-state index < -0.39 is 28.3 Å². The first-order chi connectivity index (χ1) is 6.77. The number of rotatable bonds is 5. The van der Waals surface area contributed by atoms with Crippen molar-refractivity contribution in [2.75, 3.05) is 0 Å². The van der Waals surface area contributed by atoms with E-state index in [1.54, 1.807) is 0 Å². The van der Waals surface area contributed by atoms with Crippen LogP contribution in [-0.4, -0.2) is 7.92 Å². The molecule has 0 aromatic heterocycles. The van der Waals surface area contributed by atoms with Crippen molar-refractivity contribution in [1.29, 1.82) is 0 Å². The van der Waals surface area contributed by atoms with E-state index in [2.05, 4.69) is 4.52 Å². The second-order valence-corrected chi connectivity index (χ2v) is 15.0. The van der Waals surface area contributed by atoms with Crippen molar-refractivity contribution in [3.8, 4) is 0 Å². The molecule has 0 aliphatic carbocycles. The Bertz CT molecular complexity index is 218. The zero-order valence-corrected chi connectivity index (χ0v) is 15.9. The summed E-state index contributed by atoms with van der Waals surface area (Å²) >= 11 is 45.1. The van der Waals surface area contributed by atoms with E-state index in [0.29, 0.717) is 0 Å². The summed E-state index contributed by atoms with van der Waals surface area (Å²) in [7, 11) is -3.31. The monoisotopic (exact) mass is 447 g/mol. The Hall–Kier alpha value is 3.76. The Morgan fingerprint density at radius 1 is 0.933 bits per heavy atom. The van der Waals surface area contributed by atoms with E-state index in [1.165, 1.54) is 0 Å². The van der Waals surface area contributed by atoms with Gasteiger partial charge in [-0.15, -0.1) is 7.92 Å². The molecule has 2 atom stereocenters. The van der Waals surface area contributed by atoms with Gasteiger partial charge in [-0.1, -0.05) is 56.2 Å². The fraction of sp³-hybridized carbons (Fsp3) is 0. The molecule has 0 saturated carbocycles. The molecule has 0 saturated heterocycles. The first-order valence-electron chi connectivity index (χ1n) is 2.62. The molecule has 0 radical (unpaired) electrons. The number of halogens is 8. The minimum atomic E-state index is -1.89. The first kappa shape index (κ1) is 18.8. The maximum Gasteiger partial charge on any atom is 0.209 e. The average molecular weight is 451 g/mol. The van der Waals surface area contributed by atoms with Crippen molar-refractivity contribution in [3.05, 3.63) is 0 Å². The third kappa shape index (κ3) is 7.81. The molecule has 0 aromatic rings. The van der Waals surface area contributed by atoms with Crippen LogP contribution in [0.2, 0.25) is 0 Å². The van der Waals surface area contributed by atoms with Crippen molar-refractivity contribution in [2.24, 2.45) is 4.52 Å². The predicted molar refractivity (Wildman–Crippen MR) is 82.0 cm³/mol. The number of hydrogen-bond acceptors (Lipinski definition) is 3. The topological polar surface area (TPSA) is 18.8 Å². The lowest BCUT2D eigenvalue weighted by Crippen LogP contribution is -1.99. The summed E-state index contributed by atoms with van der Waals surface area (Å²) in [6.07, 6.45) is -1.89. The smallest absolute Gasteiger partial charge is 0.209 e. The normalized spacial score (nSPS) is 16.5. The summed E-state index contributed by atoms with van der Waals surface area (Å²) in [5.74, 6) is 0. The third-order valence-corrected chi connectivity index (χ3v) is 13.9. The van der Waals surface area contributed by atoms with E-state index in [4.69, 9.17) is 91.0 Å². The zero-order chi connectivity index (χ0) is 12.2. The largest absolute Gasteiger partial charge is 0.219 e. The van der Waals surface area contributed by atoms with Gasteiger partial charge >= 0.3 is 0 Å². The van der Waals surface area contributed by atoms with Crippen LogP contribution in [0.1, 0.15) is 0 Å². The van der Waals surface area contributed by atoms with E-state index >= 15 is 0 Å². The molecule has 0 heterocycles. The standard InChI is InChI=1S/Cl8HN3P4/c1-10(13(5)6)15(8)11(2)14(7)9-12(3)4/h12H. The van der Waals surface area contributed by atoms with Gasteiger partial charge in [-0.05, 0) is 34.8 Å². The molecule has 0 N–H and O–H groups in total. The molecule has 15 heavy (non-hydrogen) atoms. The molecule has 0 fully saturated rings. The molecule has 0 spiro atoms. The van der Waals surface area contributed by atoms with Gasteiger partial charge in [0.15, 0.2) is 14.4 Å². The van der Waals surface area contributed by atoms with Gasteiger partial charge in [-0.3, -0.25) is 0 Å². The zero-order valence-electron chi connectivity index (χ0n) is 6.21. The molecule has 0 bridgehead atoms. The summed E-state index contributed by atoms with van der Waals surface area (Å²) in [4.78, 5) is 0. The summed E-state index contributed by atoms with van der Waals surface area (Å²) in [6, 6.07) is 0. The summed E-state index contributed by atoms with van der Waals surface area (Å²) < 4.78 is 5.75. The van der Waals surface area contributed by atoms with Crippen molar-refractivity contribution >= 4 is 119 Å². The molecule has 0 rings (SSSR count). The Morgan fingerprint density at radius 3 is 1.73 bits per heavy atom. The highest BCUT2D eigenvalue weighted by Crippen LogP contribution is 2.74. The van der Waals surface area contributed by atoms with Crippen LogP contribution in [0.15, 0.2) is 4.52 Å². The molecular formula is HCl8N3P4. The Kier molecular flexibility index (Phi) is 12.0. The quantitative estimate of drug-likeness (QED) is 0.310. The van der Waals surface area contributed by atoms with Gasteiger partial charge in [0.2, 0.25) is 7.58 Å². The predicted octanol–water partition coefficient (Wildman–Crippen LogP) is 8.24. The highest BCUT2D eigenvalue weighted by molar-refractivity contribution is 8.10. The van der Waals surface area contributed by atoms with Gasteiger partial charge in [-0.2, -0.15) is 0 Å². The Labute approximate surface area is 130 Å². The fourth-order valence-corrected chi connectivity index (χ4v) is 10.8. The van der Waals surface area contributed by atoms with Crippen LogP contribution in [0, 0.1) is 0 Å². The Balaban J connectivity index is 4.43. The number of nitrogens with zero attached hydrogens (tertiary/aromatic N) is 3. The van der Waals surface area contributed by atoms with E-state index in [-0.39, 0.29) is 0 Å². The van der Waals surface area contributed by atoms with Crippen LogP contribution < -0.4 is 0 Å². The Morgan fingerprint density at radius 2 is 1.40 bits per heavy atom. The molecule has 2 unspecified atom stereocenters. The van der Waals surface area contributed by atoms with E-state index in [9.17, 15) is 0 Å². The molecule has 92 valence electrons. The molecular weight excluding hydrogens is 450 g/mol. The van der Waals surface area contributed by atoms with Crippen molar-refractivity contribution < 1.29 is 0 Å². The van der Waals surface area contributed by atoms with Gasteiger partial charge in [0, 0.05) is 0 Å². The van der Waals surface area contributed by atoms with Crippen LogP contribution in [-0.2, 0) is 0 Å². The van der Waals surface area contributed by atoms with E-state index in [1.807, 2.05) is 0 Å².